The van der Waals surface area contributed by atoms with Crippen molar-refractivity contribution in [1.29, 1.82) is 0 Å². The van der Waals surface area contributed by atoms with Crippen LogP contribution < -0.4 is 5.32 Å². The molecule has 4 atom stereocenters. The Labute approximate surface area is 143 Å². The van der Waals surface area contributed by atoms with Crippen LogP contribution in [-0.4, -0.2) is 35.7 Å². The van der Waals surface area contributed by atoms with Crippen LogP contribution in [0.15, 0.2) is 0 Å². The van der Waals surface area contributed by atoms with Crippen molar-refractivity contribution < 1.29 is 32.9 Å². The van der Waals surface area contributed by atoms with Gasteiger partial charge in [0.15, 0.2) is 12.5 Å². The maximum atomic E-state index is 13.7. The Morgan fingerprint density at radius 1 is 1.17 bits per heavy atom. The fraction of sp³-hybridized carbons (Fsp3) is 0.867. The first kappa shape index (κ1) is 22.7. The van der Waals surface area contributed by atoms with E-state index in [1.165, 1.54) is 6.92 Å². The number of carbonyl (C=O) groups excluding carboxylic acids is 2. The third-order valence-electron chi connectivity index (χ3n) is 3.16. The van der Waals surface area contributed by atoms with Crippen molar-refractivity contribution in [2.45, 2.75) is 66.5 Å². The lowest BCUT2D eigenvalue weighted by Crippen LogP contribution is -2.36. The van der Waals surface area contributed by atoms with Crippen LogP contribution in [0.4, 0.5) is 9.18 Å². The molecule has 0 spiro atoms. The van der Waals surface area contributed by atoms with Crippen LogP contribution in [0.1, 0.15) is 53.9 Å². The van der Waals surface area contributed by atoms with Crippen LogP contribution in [0.3, 0.4) is 0 Å². The van der Waals surface area contributed by atoms with E-state index in [0.717, 1.165) is 0 Å². The summed E-state index contributed by atoms with van der Waals surface area (Å²) in [5.41, 5.74) is -0.730. The minimum absolute atomic E-state index is 0.0641. The summed E-state index contributed by atoms with van der Waals surface area (Å²) in [6, 6.07) is 0. The highest BCUT2D eigenvalue weighted by molar-refractivity contribution is 7.37. The summed E-state index contributed by atoms with van der Waals surface area (Å²) in [5.74, 6) is -0.463. The lowest BCUT2D eigenvalue weighted by molar-refractivity contribution is -0.174. The molecule has 4 unspecified atom stereocenters. The van der Waals surface area contributed by atoms with Crippen LogP contribution in [0.2, 0.25) is 0 Å². The Bertz CT molecular complexity index is 440. The Kier molecular flexibility index (Phi) is 10.0. The van der Waals surface area contributed by atoms with Gasteiger partial charge in [-0.25, -0.2) is 9.18 Å². The topological polar surface area (TPSA) is 102 Å². The zero-order valence-electron chi connectivity index (χ0n) is 14.9. The summed E-state index contributed by atoms with van der Waals surface area (Å²) >= 11 is 0. The van der Waals surface area contributed by atoms with Gasteiger partial charge in [-0.1, -0.05) is 6.92 Å². The smallest absolute Gasteiger partial charge is 0.425 e. The molecule has 2 N–H and O–H groups in total. The van der Waals surface area contributed by atoms with E-state index in [9.17, 15) is 18.5 Å². The number of hydrogen-bond donors (Lipinski definition) is 2. The molecule has 1 amide bonds. The summed E-state index contributed by atoms with van der Waals surface area (Å²) < 4.78 is 34.0. The van der Waals surface area contributed by atoms with Crippen molar-refractivity contribution in [3.8, 4) is 0 Å². The minimum Gasteiger partial charge on any atom is -0.425 e. The monoisotopic (exact) mass is 368 g/mol. The standard InChI is InChI=1S/C15H27FNO6P/c1-10(8-9-24(20)21)6-7-12(16)17-14(19)23-11(2)22-13(18)15(3,4)5/h10-12H,6-9H2,1-5H3,(H-,17,19,20,21)/p+1. The second-order valence-electron chi connectivity index (χ2n) is 6.79. The van der Waals surface area contributed by atoms with E-state index < -0.39 is 38.1 Å². The van der Waals surface area contributed by atoms with Gasteiger partial charge in [0.05, 0.1) is 5.41 Å². The number of amides is 1. The fourth-order valence-corrected chi connectivity index (χ4v) is 2.30. The van der Waals surface area contributed by atoms with Gasteiger partial charge in [0.2, 0.25) is 6.29 Å². The molecule has 0 saturated heterocycles. The maximum Gasteiger partial charge on any atom is 0.505 e. The van der Waals surface area contributed by atoms with Crippen LogP contribution >= 0.6 is 8.03 Å². The van der Waals surface area contributed by atoms with E-state index in [-0.39, 0.29) is 18.5 Å². The number of alkyl carbamates (subject to hydrolysis) is 1. The first-order chi connectivity index (χ1) is 10.9. The SMILES string of the molecule is CC(CCC(F)NC(=O)OC(C)OC(=O)C(C)(C)C)CC[P+](=O)O. The van der Waals surface area contributed by atoms with Gasteiger partial charge in [-0.3, -0.25) is 10.1 Å². The molecular weight excluding hydrogens is 340 g/mol. The van der Waals surface area contributed by atoms with E-state index >= 15 is 0 Å². The van der Waals surface area contributed by atoms with Crippen molar-refractivity contribution in [3.63, 3.8) is 0 Å². The number of hydrogen-bond acceptors (Lipinski definition) is 5. The first-order valence-electron chi connectivity index (χ1n) is 7.87. The van der Waals surface area contributed by atoms with Crippen molar-refractivity contribution >= 4 is 20.1 Å². The van der Waals surface area contributed by atoms with E-state index in [4.69, 9.17) is 14.4 Å². The van der Waals surface area contributed by atoms with Gasteiger partial charge >= 0.3 is 20.1 Å². The lowest BCUT2D eigenvalue weighted by atomic mass is 9.97. The zero-order valence-corrected chi connectivity index (χ0v) is 15.8. The largest absolute Gasteiger partial charge is 0.505 e. The Balaban J connectivity index is 4.05. The highest BCUT2D eigenvalue weighted by atomic mass is 31.1. The van der Waals surface area contributed by atoms with Crippen LogP contribution in [0, 0.1) is 11.3 Å². The Morgan fingerprint density at radius 3 is 2.25 bits per heavy atom. The molecule has 0 fully saturated rings. The number of rotatable bonds is 9. The van der Waals surface area contributed by atoms with Crippen LogP contribution in [0.5, 0.6) is 0 Å². The highest BCUT2D eigenvalue weighted by Crippen LogP contribution is 2.21. The minimum atomic E-state index is -2.17. The third kappa shape index (κ3) is 11.3. The molecule has 0 aromatic heterocycles. The summed E-state index contributed by atoms with van der Waals surface area (Å²) in [4.78, 5) is 31.9. The fourth-order valence-electron chi connectivity index (χ4n) is 1.64. The van der Waals surface area contributed by atoms with Crippen molar-refractivity contribution in [1.82, 2.24) is 5.32 Å². The van der Waals surface area contributed by atoms with E-state index in [1.807, 2.05) is 12.2 Å². The quantitative estimate of drug-likeness (QED) is 0.280. The van der Waals surface area contributed by atoms with Crippen LogP contribution in [0.25, 0.3) is 0 Å². The van der Waals surface area contributed by atoms with E-state index in [2.05, 4.69) is 0 Å². The molecule has 0 bridgehead atoms. The number of esters is 1. The highest BCUT2D eigenvalue weighted by Gasteiger charge is 2.26. The molecule has 0 rings (SSSR count). The third-order valence-corrected chi connectivity index (χ3v) is 3.80. The molecule has 0 aromatic rings. The van der Waals surface area contributed by atoms with Gasteiger partial charge in [-0.2, -0.15) is 4.89 Å². The molecule has 140 valence electrons. The molecule has 0 aliphatic rings. The van der Waals surface area contributed by atoms with Gasteiger partial charge in [-0.05, 0) is 50.5 Å². The second-order valence-corrected chi connectivity index (χ2v) is 7.94. The first-order valence-corrected chi connectivity index (χ1v) is 9.27. The Morgan fingerprint density at radius 2 is 1.75 bits per heavy atom. The van der Waals surface area contributed by atoms with Crippen molar-refractivity contribution in [2.75, 3.05) is 6.16 Å². The summed E-state index contributed by atoms with van der Waals surface area (Å²) in [6.45, 7) is 8.20. The molecular formula is C15H28FNO6P+. The van der Waals surface area contributed by atoms with Gasteiger partial charge in [0.1, 0.15) is 0 Å². The van der Waals surface area contributed by atoms with Crippen molar-refractivity contribution in [2.24, 2.45) is 11.3 Å². The zero-order chi connectivity index (χ0) is 18.9. The second kappa shape index (κ2) is 10.6. The van der Waals surface area contributed by atoms with Gasteiger partial charge < -0.3 is 9.47 Å². The maximum absolute atomic E-state index is 13.7. The number of nitrogens with one attached hydrogen (secondary N) is 1. The molecule has 7 nitrogen and oxygen atoms in total. The molecule has 0 saturated carbocycles. The molecule has 0 aromatic carbocycles. The predicted octanol–water partition coefficient (Wildman–Crippen LogP) is 3.48. The van der Waals surface area contributed by atoms with Crippen LogP contribution in [-0.2, 0) is 18.8 Å². The number of halogens is 1. The molecule has 0 aliphatic heterocycles. The normalized spacial score (nSPS) is 15.9. The van der Waals surface area contributed by atoms with Crippen molar-refractivity contribution in [3.05, 3.63) is 0 Å². The predicted molar refractivity (Wildman–Crippen MR) is 87.2 cm³/mol. The Hall–Kier alpha value is -1.27. The summed E-state index contributed by atoms with van der Waals surface area (Å²) in [7, 11) is -2.17. The summed E-state index contributed by atoms with van der Waals surface area (Å²) in [5, 5.41) is 2.02. The number of alkyl halides is 1. The van der Waals surface area contributed by atoms with Gasteiger partial charge in [-0.15, -0.1) is 0 Å². The average Bonchev–Trinajstić information content (AvgIpc) is 2.41. The lowest BCUT2D eigenvalue weighted by Gasteiger charge is -2.21. The van der Waals surface area contributed by atoms with E-state index in [1.54, 1.807) is 20.8 Å². The molecule has 0 heterocycles. The number of ether oxygens (including phenoxy) is 2. The molecule has 24 heavy (non-hydrogen) atoms. The molecule has 9 heteroatoms. The summed E-state index contributed by atoms with van der Waals surface area (Å²) in [6.07, 6.45) is -2.52. The average molecular weight is 368 g/mol. The molecule has 0 aliphatic carbocycles. The van der Waals surface area contributed by atoms with E-state index in [0.29, 0.717) is 12.8 Å². The van der Waals surface area contributed by atoms with Gasteiger partial charge in [0.25, 0.3) is 0 Å². The molecule has 0 radical (unpaired) electrons. The number of carbonyl (C=O) groups is 2. The van der Waals surface area contributed by atoms with Gasteiger partial charge in [0, 0.05) is 6.92 Å².